The highest BCUT2D eigenvalue weighted by Crippen LogP contribution is 2.51. The van der Waals surface area contributed by atoms with E-state index in [1.54, 1.807) is 4.90 Å². The lowest BCUT2D eigenvalue weighted by Crippen LogP contribution is -2.58. The highest BCUT2D eigenvalue weighted by molar-refractivity contribution is 6.62. The van der Waals surface area contributed by atoms with Crippen molar-refractivity contribution in [3.05, 3.63) is 23.8 Å². The van der Waals surface area contributed by atoms with Gasteiger partial charge in [0.2, 0.25) is 5.91 Å². The van der Waals surface area contributed by atoms with Crippen LogP contribution in [-0.4, -0.2) is 85.0 Å². The molecule has 4 heterocycles. The molecule has 1 aromatic rings. The first kappa shape index (κ1) is 29.0. The Bertz CT molecular complexity index is 1140. The van der Waals surface area contributed by atoms with Gasteiger partial charge in [-0.3, -0.25) is 4.79 Å². The number of anilines is 1. The fraction of sp³-hybridized carbons (Fsp3) is 0.750. The van der Waals surface area contributed by atoms with Crippen LogP contribution >= 0.6 is 0 Å². The van der Waals surface area contributed by atoms with Crippen molar-refractivity contribution >= 4 is 30.3 Å². The first-order valence-electron chi connectivity index (χ1n) is 16.1. The number of nitrogens with zero attached hydrogens (tertiary/aromatic N) is 3. The minimum absolute atomic E-state index is 0.207. The van der Waals surface area contributed by atoms with Gasteiger partial charge >= 0.3 is 13.2 Å². The molecule has 0 radical (unpaired) electrons. The standard InChI is InChI=1S/C32H48BN3O5/c1-6-7-19-39-29(38)35-17-13-32(14-18-35)26-12-11-23(33-40-30(2,3)31(4,5)41-33)20-27(26)36(28(32)37)25-21-24(22-25)34-15-9-8-10-16-34/h11-12,20,24-25H,6-10,13-19,21-22H2,1-5H3. The molecule has 1 spiro atoms. The van der Waals surface area contributed by atoms with E-state index in [1.165, 1.54) is 32.4 Å². The average molecular weight is 566 g/mol. The molecular weight excluding hydrogens is 517 g/mol. The molecule has 224 valence electrons. The van der Waals surface area contributed by atoms with Crippen LogP contribution in [-0.2, 0) is 24.3 Å². The van der Waals surface area contributed by atoms with E-state index in [9.17, 15) is 9.59 Å². The van der Waals surface area contributed by atoms with Crippen molar-refractivity contribution < 1.29 is 23.6 Å². The zero-order valence-electron chi connectivity index (χ0n) is 25.7. The molecule has 5 aliphatic rings. The Morgan fingerprint density at radius 1 is 0.976 bits per heavy atom. The molecule has 0 aromatic heterocycles. The van der Waals surface area contributed by atoms with Gasteiger partial charge in [0.1, 0.15) is 0 Å². The van der Waals surface area contributed by atoms with Gasteiger partial charge in [-0.1, -0.05) is 31.9 Å². The first-order valence-corrected chi connectivity index (χ1v) is 16.1. The number of fused-ring (bicyclic) bond motifs is 2. The lowest BCUT2D eigenvalue weighted by molar-refractivity contribution is -0.126. The van der Waals surface area contributed by atoms with Crippen LogP contribution in [0.25, 0.3) is 0 Å². The Labute approximate surface area is 246 Å². The van der Waals surface area contributed by atoms with E-state index >= 15 is 0 Å². The summed E-state index contributed by atoms with van der Waals surface area (Å²) in [5.74, 6) is 0.208. The molecular formula is C32H48BN3O5. The van der Waals surface area contributed by atoms with Crippen molar-refractivity contribution in [1.29, 1.82) is 0 Å². The molecule has 4 aliphatic heterocycles. The lowest BCUT2D eigenvalue weighted by Gasteiger charge is -2.48. The van der Waals surface area contributed by atoms with Crippen molar-refractivity contribution in [2.45, 2.75) is 121 Å². The average Bonchev–Trinajstić information content (AvgIpc) is 3.29. The summed E-state index contributed by atoms with van der Waals surface area (Å²) in [6, 6.07) is 7.16. The molecule has 1 aliphatic carbocycles. The normalized spacial score (nSPS) is 28.6. The Morgan fingerprint density at radius 3 is 2.27 bits per heavy atom. The van der Waals surface area contributed by atoms with E-state index in [0.29, 0.717) is 38.6 Å². The third-order valence-corrected chi connectivity index (χ3v) is 10.9. The molecule has 0 bridgehead atoms. The van der Waals surface area contributed by atoms with Gasteiger partial charge in [0, 0.05) is 30.9 Å². The van der Waals surface area contributed by atoms with Crippen LogP contribution in [0.2, 0.25) is 0 Å². The van der Waals surface area contributed by atoms with E-state index in [2.05, 4.69) is 62.6 Å². The molecule has 0 unspecified atom stereocenters. The Kier molecular flexibility index (Phi) is 7.69. The minimum atomic E-state index is -0.597. The summed E-state index contributed by atoms with van der Waals surface area (Å²) in [4.78, 5) is 33.7. The van der Waals surface area contributed by atoms with Gasteiger partial charge in [0.05, 0.1) is 23.2 Å². The smallest absolute Gasteiger partial charge is 0.449 e. The van der Waals surface area contributed by atoms with Crippen LogP contribution < -0.4 is 10.4 Å². The molecule has 4 fully saturated rings. The molecule has 1 saturated carbocycles. The van der Waals surface area contributed by atoms with E-state index in [0.717, 1.165) is 42.4 Å². The third-order valence-electron chi connectivity index (χ3n) is 10.9. The van der Waals surface area contributed by atoms with Gasteiger partial charge in [-0.15, -0.1) is 0 Å². The summed E-state index contributed by atoms with van der Waals surface area (Å²) in [7, 11) is -0.471. The summed E-state index contributed by atoms with van der Waals surface area (Å²) >= 11 is 0. The molecule has 41 heavy (non-hydrogen) atoms. The number of hydrogen-bond acceptors (Lipinski definition) is 6. The molecule has 3 saturated heterocycles. The zero-order chi connectivity index (χ0) is 29.0. The number of unbranched alkanes of at least 4 members (excludes halogenated alkanes) is 1. The van der Waals surface area contributed by atoms with Crippen LogP contribution in [0.1, 0.15) is 98.0 Å². The number of hydrogen-bond donors (Lipinski definition) is 0. The van der Waals surface area contributed by atoms with E-state index in [1.807, 2.05) is 0 Å². The number of carbonyl (C=O) groups excluding carboxylic acids is 2. The largest absolute Gasteiger partial charge is 0.494 e. The van der Waals surface area contributed by atoms with Crippen molar-refractivity contribution in [3.8, 4) is 0 Å². The maximum atomic E-state index is 14.5. The van der Waals surface area contributed by atoms with E-state index < -0.39 is 23.7 Å². The molecule has 8 nitrogen and oxygen atoms in total. The van der Waals surface area contributed by atoms with Crippen LogP contribution in [0.3, 0.4) is 0 Å². The molecule has 0 atom stereocenters. The molecule has 6 rings (SSSR count). The SMILES string of the molecule is CCCCOC(=O)N1CCC2(CC1)C(=O)N(C1CC(N3CCCCC3)C1)c1cc(B3OC(C)(C)C(C)(C)O3)ccc12. The zero-order valence-corrected chi connectivity index (χ0v) is 25.7. The van der Waals surface area contributed by atoms with Crippen LogP contribution in [0.4, 0.5) is 10.5 Å². The highest BCUT2D eigenvalue weighted by Gasteiger charge is 2.57. The predicted octanol–water partition coefficient (Wildman–Crippen LogP) is 4.62. The number of likely N-dealkylation sites (tertiary alicyclic amines) is 2. The topological polar surface area (TPSA) is 71.6 Å². The number of benzene rings is 1. The van der Waals surface area contributed by atoms with Crippen molar-refractivity contribution in [2.75, 3.05) is 37.7 Å². The van der Waals surface area contributed by atoms with Crippen LogP contribution in [0, 0.1) is 0 Å². The quantitative estimate of drug-likeness (QED) is 0.371. The number of ether oxygens (including phenoxy) is 1. The highest BCUT2D eigenvalue weighted by atomic mass is 16.7. The minimum Gasteiger partial charge on any atom is -0.449 e. The monoisotopic (exact) mass is 565 g/mol. The maximum Gasteiger partial charge on any atom is 0.494 e. The summed E-state index contributed by atoms with van der Waals surface area (Å²) in [6.45, 7) is 14.3. The lowest BCUT2D eigenvalue weighted by atomic mass is 9.71. The van der Waals surface area contributed by atoms with Crippen LogP contribution in [0.5, 0.6) is 0 Å². The summed E-state index contributed by atoms with van der Waals surface area (Å²) in [5.41, 5.74) is 1.62. The fourth-order valence-electron chi connectivity index (χ4n) is 7.40. The second kappa shape index (κ2) is 10.9. The third kappa shape index (κ3) is 5.00. The van der Waals surface area contributed by atoms with E-state index in [-0.39, 0.29) is 18.0 Å². The van der Waals surface area contributed by atoms with Gasteiger partial charge in [0.15, 0.2) is 0 Å². The predicted molar refractivity (Wildman–Crippen MR) is 161 cm³/mol. The van der Waals surface area contributed by atoms with Crippen molar-refractivity contribution in [1.82, 2.24) is 9.80 Å². The molecule has 1 aromatic carbocycles. The summed E-state index contributed by atoms with van der Waals surface area (Å²) in [5, 5.41) is 0. The van der Waals surface area contributed by atoms with Gasteiger partial charge in [0.25, 0.3) is 0 Å². The second-order valence-corrected chi connectivity index (χ2v) is 14.0. The molecule has 0 N–H and O–H groups in total. The Morgan fingerprint density at radius 2 is 1.63 bits per heavy atom. The second-order valence-electron chi connectivity index (χ2n) is 14.0. The number of amides is 2. The number of carbonyl (C=O) groups is 2. The van der Waals surface area contributed by atoms with Gasteiger partial charge in [-0.05, 0) is 103 Å². The van der Waals surface area contributed by atoms with Gasteiger partial charge in [-0.25, -0.2) is 4.79 Å². The number of rotatable bonds is 6. The Balaban J connectivity index is 1.25. The fourth-order valence-corrected chi connectivity index (χ4v) is 7.40. The van der Waals surface area contributed by atoms with Crippen molar-refractivity contribution in [3.63, 3.8) is 0 Å². The van der Waals surface area contributed by atoms with Crippen LogP contribution in [0.15, 0.2) is 18.2 Å². The maximum absolute atomic E-state index is 14.5. The van der Waals surface area contributed by atoms with Gasteiger partial charge in [-0.2, -0.15) is 0 Å². The first-order chi connectivity index (χ1) is 19.6. The molecule has 2 amide bonds. The molecule has 9 heteroatoms. The summed E-state index contributed by atoms with van der Waals surface area (Å²) < 4.78 is 18.3. The van der Waals surface area contributed by atoms with Gasteiger partial charge < -0.3 is 28.7 Å². The van der Waals surface area contributed by atoms with Crippen molar-refractivity contribution in [2.24, 2.45) is 0 Å². The summed E-state index contributed by atoms with van der Waals surface area (Å²) in [6.07, 6.45) is 8.80. The Hall–Kier alpha value is -2.10. The number of piperidine rings is 2. The van der Waals surface area contributed by atoms with E-state index in [4.69, 9.17) is 14.0 Å².